The van der Waals surface area contributed by atoms with Crippen molar-refractivity contribution in [1.29, 1.82) is 0 Å². The molecular formula is C23H13BrCl3NO2S2. The van der Waals surface area contributed by atoms with Gasteiger partial charge in [-0.3, -0.25) is 9.69 Å². The van der Waals surface area contributed by atoms with Crippen LogP contribution in [0, 0.1) is 0 Å². The molecule has 0 N–H and O–H groups in total. The Balaban J connectivity index is 1.51. The molecule has 1 fully saturated rings. The minimum absolute atomic E-state index is 0.214. The van der Waals surface area contributed by atoms with Crippen molar-refractivity contribution < 1.29 is 9.53 Å². The molecule has 1 aliphatic heterocycles. The smallest absolute Gasteiger partial charge is 0.270 e. The molecule has 1 saturated heterocycles. The number of nitrogens with zero attached hydrogens (tertiary/aromatic N) is 1. The van der Waals surface area contributed by atoms with Crippen molar-refractivity contribution in [2.75, 3.05) is 4.90 Å². The molecule has 0 radical (unpaired) electrons. The summed E-state index contributed by atoms with van der Waals surface area (Å²) >= 11 is 28.5. The van der Waals surface area contributed by atoms with Gasteiger partial charge in [0.1, 0.15) is 12.4 Å². The molecule has 0 spiro atoms. The van der Waals surface area contributed by atoms with Gasteiger partial charge in [0.15, 0.2) is 4.32 Å². The largest absolute Gasteiger partial charge is 0.488 e. The summed E-state index contributed by atoms with van der Waals surface area (Å²) < 4.78 is 7.08. The molecule has 0 bridgehead atoms. The number of thiocarbonyl (C=S) groups is 1. The van der Waals surface area contributed by atoms with Gasteiger partial charge in [-0.2, -0.15) is 0 Å². The van der Waals surface area contributed by atoms with Crippen LogP contribution in [-0.4, -0.2) is 10.2 Å². The maximum atomic E-state index is 13.0. The van der Waals surface area contributed by atoms with E-state index in [9.17, 15) is 4.79 Å². The lowest BCUT2D eigenvalue weighted by atomic mass is 10.2. The van der Waals surface area contributed by atoms with Crippen LogP contribution in [0.4, 0.5) is 5.69 Å². The van der Waals surface area contributed by atoms with Crippen LogP contribution in [0.2, 0.25) is 15.1 Å². The Morgan fingerprint density at radius 3 is 2.50 bits per heavy atom. The summed E-state index contributed by atoms with van der Waals surface area (Å²) in [6, 6.07) is 18.1. The number of hydrogen-bond donors (Lipinski definition) is 0. The number of carbonyl (C=O) groups excluding carboxylic acids is 1. The minimum Gasteiger partial charge on any atom is -0.488 e. The van der Waals surface area contributed by atoms with Gasteiger partial charge >= 0.3 is 0 Å². The second-order valence-electron chi connectivity index (χ2n) is 6.69. The van der Waals surface area contributed by atoms with Crippen LogP contribution in [-0.2, 0) is 11.4 Å². The zero-order valence-corrected chi connectivity index (χ0v) is 21.6. The quantitative estimate of drug-likeness (QED) is 0.222. The second-order valence-corrected chi connectivity index (χ2v) is 10.4. The van der Waals surface area contributed by atoms with Crippen LogP contribution >= 0.6 is 74.7 Å². The van der Waals surface area contributed by atoms with Gasteiger partial charge in [0.2, 0.25) is 0 Å². The molecule has 1 aliphatic rings. The van der Waals surface area contributed by atoms with Gasteiger partial charge < -0.3 is 4.74 Å². The molecule has 3 aromatic rings. The summed E-state index contributed by atoms with van der Waals surface area (Å²) in [5.41, 5.74) is 2.31. The SMILES string of the molecule is O=C1/C(=C/c2ccc(OCc3ccccc3Cl)c(Br)c2)SC(=S)N1c1ccc(Cl)c(Cl)c1. The number of ether oxygens (including phenoxy) is 1. The third-order valence-electron chi connectivity index (χ3n) is 4.55. The van der Waals surface area contributed by atoms with E-state index in [4.69, 9.17) is 51.8 Å². The van der Waals surface area contributed by atoms with E-state index in [1.165, 1.54) is 16.7 Å². The Morgan fingerprint density at radius 2 is 1.78 bits per heavy atom. The van der Waals surface area contributed by atoms with Crippen molar-refractivity contribution in [3.63, 3.8) is 0 Å². The number of rotatable bonds is 5. The fourth-order valence-electron chi connectivity index (χ4n) is 2.96. The predicted octanol–water partition coefficient (Wildman–Crippen LogP) is 8.39. The summed E-state index contributed by atoms with van der Waals surface area (Å²) in [4.78, 5) is 14.9. The standard InChI is InChI=1S/C23H13BrCl3NO2S2/c24-16-9-13(5-8-20(16)30-12-14-3-1-2-4-17(14)25)10-21-22(29)28(23(31)32-21)15-6-7-18(26)19(27)11-15/h1-11H,12H2/b21-10-. The Kier molecular flexibility index (Phi) is 7.50. The number of benzene rings is 3. The zero-order valence-electron chi connectivity index (χ0n) is 16.2. The summed E-state index contributed by atoms with van der Waals surface area (Å²) in [5.74, 6) is 0.457. The van der Waals surface area contributed by atoms with Crippen LogP contribution in [0.3, 0.4) is 0 Å². The van der Waals surface area contributed by atoms with Crippen LogP contribution in [0.15, 0.2) is 70.0 Å². The monoisotopic (exact) mass is 583 g/mol. The molecule has 3 aromatic carbocycles. The Bertz CT molecular complexity index is 1270. The average Bonchev–Trinajstić information content (AvgIpc) is 3.03. The van der Waals surface area contributed by atoms with E-state index >= 15 is 0 Å². The topological polar surface area (TPSA) is 29.5 Å². The normalized spacial score (nSPS) is 15.0. The third-order valence-corrected chi connectivity index (χ3v) is 7.58. The molecule has 9 heteroatoms. The first-order valence-corrected chi connectivity index (χ1v) is 12.4. The highest BCUT2D eigenvalue weighted by molar-refractivity contribution is 9.10. The number of halogens is 4. The van der Waals surface area contributed by atoms with E-state index in [2.05, 4.69) is 15.9 Å². The molecule has 1 heterocycles. The lowest BCUT2D eigenvalue weighted by Gasteiger charge is -2.15. The predicted molar refractivity (Wildman–Crippen MR) is 142 cm³/mol. The van der Waals surface area contributed by atoms with Gasteiger partial charge in [0.25, 0.3) is 5.91 Å². The van der Waals surface area contributed by atoms with Crippen LogP contribution < -0.4 is 9.64 Å². The van der Waals surface area contributed by atoms with Crippen molar-refractivity contribution in [3.05, 3.63) is 96.2 Å². The molecule has 0 saturated carbocycles. The van der Waals surface area contributed by atoms with E-state index in [0.717, 1.165) is 15.6 Å². The molecule has 0 unspecified atom stereocenters. The Hall–Kier alpha value is -1.54. The molecule has 32 heavy (non-hydrogen) atoms. The first kappa shape index (κ1) is 23.6. The molecule has 0 atom stereocenters. The van der Waals surface area contributed by atoms with Gasteiger partial charge in [-0.15, -0.1) is 0 Å². The maximum absolute atomic E-state index is 13.0. The summed E-state index contributed by atoms with van der Waals surface area (Å²) in [6.45, 7) is 0.347. The van der Waals surface area contributed by atoms with Crippen molar-refractivity contribution in [2.24, 2.45) is 0 Å². The maximum Gasteiger partial charge on any atom is 0.270 e. The number of amides is 1. The van der Waals surface area contributed by atoms with Gasteiger partial charge in [0, 0.05) is 10.6 Å². The van der Waals surface area contributed by atoms with Gasteiger partial charge in [-0.05, 0) is 64.0 Å². The second kappa shape index (κ2) is 10.2. The van der Waals surface area contributed by atoms with Crippen molar-refractivity contribution >= 4 is 96.7 Å². The lowest BCUT2D eigenvalue weighted by molar-refractivity contribution is -0.113. The lowest BCUT2D eigenvalue weighted by Crippen LogP contribution is -2.27. The van der Waals surface area contributed by atoms with Crippen LogP contribution in [0.25, 0.3) is 6.08 Å². The van der Waals surface area contributed by atoms with E-state index in [-0.39, 0.29) is 5.91 Å². The van der Waals surface area contributed by atoms with Crippen molar-refractivity contribution in [3.8, 4) is 5.75 Å². The summed E-state index contributed by atoms with van der Waals surface area (Å²) in [5, 5.41) is 1.43. The molecule has 0 aliphatic carbocycles. The number of anilines is 1. The summed E-state index contributed by atoms with van der Waals surface area (Å²) in [7, 11) is 0. The van der Waals surface area contributed by atoms with Gasteiger partial charge in [-0.1, -0.05) is 83.0 Å². The van der Waals surface area contributed by atoms with Gasteiger partial charge in [-0.25, -0.2) is 0 Å². The Morgan fingerprint density at radius 1 is 1.00 bits per heavy atom. The minimum atomic E-state index is -0.214. The first-order valence-electron chi connectivity index (χ1n) is 9.22. The molecule has 162 valence electrons. The van der Waals surface area contributed by atoms with E-state index in [1.54, 1.807) is 24.3 Å². The number of thioether (sulfide) groups is 1. The fourth-order valence-corrected chi connectivity index (χ4v) is 5.25. The van der Waals surface area contributed by atoms with E-state index < -0.39 is 0 Å². The summed E-state index contributed by atoms with van der Waals surface area (Å²) in [6.07, 6.45) is 1.79. The fraction of sp³-hybridized carbons (Fsp3) is 0.0435. The number of hydrogen-bond acceptors (Lipinski definition) is 4. The highest BCUT2D eigenvalue weighted by Crippen LogP contribution is 2.38. The highest BCUT2D eigenvalue weighted by atomic mass is 79.9. The van der Waals surface area contributed by atoms with Crippen LogP contribution in [0.5, 0.6) is 5.75 Å². The van der Waals surface area contributed by atoms with Crippen molar-refractivity contribution in [2.45, 2.75) is 6.61 Å². The zero-order chi connectivity index (χ0) is 22.8. The van der Waals surface area contributed by atoms with Crippen molar-refractivity contribution in [1.82, 2.24) is 0 Å². The third kappa shape index (κ3) is 5.16. The van der Waals surface area contributed by atoms with Gasteiger partial charge in [0.05, 0.1) is 25.1 Å². The first-order chi connectivity index (χ1) is 15.3. The molecule has 0 aromatic heterocycles. The van der Waals surface area contributed by atoms with E-state index in [0.29, 0.717) is 42.3 Å². The van der Waals surface area contributed by atoms with Crippen LogP contribution in [0.1, 0.15) is 11.1 Å². The molecule has 1 amide bonds. The highest BCUT2D eigenvalue weighted by Gasteiger charge is 2.33. The molecule has 3 nitrogen and oxygen atoms in total. The average molecular weight is 586 g/mol. The Labute approximate surface area is 218 Å². The molecule has 4 rings (SSSR count). The van der Waals surface area contributed by atoms with E-state index in [1.807, 2.05) is 42.5 Å². The molecular weight excluding hydrogens is 573 g/mol. The number of carbonyl (C=O) groups is 1.